The third-order valence-electron chi connectivity index (χ3n) is 3.14. The zero-order valence-corrected chi connectivity index (χ0v) is 15.3. The quantitative estimate of drug-likeness (QED) is 0.780. The Kier molecular flexibility index (Phi) is 5.47. The lowest BCUT2D eigenvalue weighted by atomic mass is 10.2. The lowest BCUT2D eigenvalue weighted by Crippen LogP contribution is -2.16. The van der Waals surface area contributed by atoms with Gasteiger partial charge < -0.3 is 14.8 Å². The molecule has 0 saturated carbocycles. The highest BCUT2D eigenvalue weighted by Crippen LogP contribution is 2.30. The van der Waals surface area contributed by atoms with Crippen molar-refractivity contribution in [3.8, 4) is 11.5 Å². The number of nitrogens with two attached hydrogens (primary N) is 1. The number of carbonyl (C=O) groups is 1. The van der Waals surface area contributed by atoms with Crippen LogP contribution in [-0.2, 0) is 10.0 Å². The Hall–Kier alpha value is -2.10. The van der Waals surface area contributed by atoms with Gasteiger partial charge in [0.05, 0.1) is 19.1 Å². The molecule has 3 N–H and O–H groups in total. The van der Waals surface area contributed by atoms with Crippen molar-refractivity contribution in [2.24, 2.45) is 5.14 Å². The van der Waals surface area contributed by atoms with Gasteiger partial charge >= 0.3 is 0 Å². The van der Waals surface area contributed by atoms with Gasteiger partial charge in [-0.05, 0) is 46.3 Å². The first-order valence-corrected chi connectivity index (χ1v) is 8.96. The van der Waals surface area contributed by atoms with E-state index in [-0.39, 0.29) is 14.9 Å². The molecule has 1 amide bonds. The maximum absolute atomic E-state index is 12.3. The van der Waals surface area contributed by atoms with Gasteiger partial charge in [-0.2, -0.15) is 0 Å². The Labute approximate surface area is 147 Å². The summed E-state index contributed by atoms with van der Waals surface area (Å²) in [5.41, 5.74) is 0.620. The van der Waals surface area contributed by atoms with E-state index in [2.05, 4.69) is 21.2 Å². The van der Waals surface area contributed by atoms with Gasteiger partial charge in [-0.15, -0.1) is 0 Å². The largest absolute Gasteiger partial charge is 0.493 e. The molecule has 0 atom stereocenters. The Morgan fingerprint density at radius 1 is 1.08 bits per heavy atom. The minimum Gasteiger partial charge on any atom is -0.493 e. The van der Waals surface area contributed by atoms with Crippen LogP contribution in [0.5, 0.6) is 11.5 Å². The number of amides is 1. The Morgan fingerprint density at radius 3 is 2.33 bits per heavy atom. The van der Waals surface area contributed by atoms with Crippen molar-refractivity contribution in [1.82, 2.24) is 0 Å². The second-order valence-electron chi connectivity index (χ2n) is 4.71. The van der Waals surface area contributed by atoms with Crippen molar-refractivity contribution >= 4 is 37.5 Å². The minimum atomic E-state index is -3.95. The topological polar surface area (TPSA) is 108 Å². The fourth-order valence-corrected chi connectivity index (χ4v) is 3.53. The molecule has 9 heteroatoms. The fourth-order valence-electron chi connectivity index (χ4n) is 1.98. The van der Waals surface area contributed by atoms with E-state index < -0.39 is 15.9 Å². The van der Waals surface area contributed by atoms with Crippen molar-refractivity contribution in [2.45, 2.75) is 4.90 Å². The maximum Gasteiger partial charge on any atom is 0.255 e. The summed E-state index contributed by atoms with van der Waals surface area (Å²) in [6, 6.07) is 9.01. The molecule has 0 bridgehead atoms. The van der Waals surface area contributed by atoms with Gasteiger partial charge in [0.15, 0.2) is 11.5 Å². The van der Waals surface area contributed by atoms with E-state index in [1.807, 2.05) is 0 Å². The normalized spacial score (nSPS) is 11.0. The third-order valence-corrected chi connectivity index (χ3v) is 5.05. The number of hydrogen-bond acceptors (Lipinski definition) is 5. The third kappa shape index (κ3) is 4.05. The predicted octanol–water partition coefficient (Wildman–Crippen LogP) is 2.37. The van der Waals surface area contributed by atoms with Crippen LogP contribution in [0.1, 0.15) is 10.4 Å². The molecule has 0 aliphatic heterocycles. The molecule has 0 aliphatic carbocycles. The molecular formula is C15H15BrN2O5S. The molecule has 0 fully saturated rings. The number of nitrogens with one attached hydrogen (secondary N) is 1. The van der Waals surface area contributed by atoms with Crippen LogP contribution in [0, 0.1) is 0 Å². The molecule has 128 valence electrons. The summed E-state index contributed by atoms with van der Waals surface area (Å²) in [6.45, 7) is 0. The number of halogens is 1. The van der Waals surface area contributed by atoms with Crippen molar-refractivity contribution in [3.05, 3.63) is 46.4 Å². The number of ether oxygens (including phenoxy) is 2. The first-order chi connectivity index (χ1) is 11.3. The summed E-state index contributed by atoms with van der Waals surface area (Å²) < 4.78 is 33.6. The summed E-state index contributed by atoms with van der Waals surface area (Å²) in [4.78, 5) is 12.2. The van der Waals surface area contributed by atoms with Crippen LogP contribution in [0.2, 0.25) is 0 Å². The molecule has 2 aromatic carbocycles. The molecule has 0 heterocycles. The molecule has 24 heavy (non-hydrogen) atoms. The molecule has 2 aromatic rings. The minimum absolute atomic E-state index is 0.150. The van der Waals surface area contributed by atoms with E-state index >= 15 is 0 Å². The second kappa shape index (κ2) is 7.20. The number of benzene rings is 2. The number of methoxy groups -OCH3 is 2. The molecule has 0 radical (unpaired) electrons. The number of carbonyl (C=O) groups excluding carboxylic acids is 1. The van der Waals surface area contributed by atoms with E-state index in [0.717, 1.165) is 0 Å². The van der Waals surface area contributed by atoms with E-state index in [9.17, 15) is 13.2 Å². The first-order valence-electron chi connectivity index (χ1n) is 6.62. The lowest BCUT2D eigenvalue weighted by molar-refractivity contribution is 0.102. The van der Waals surface area contributed by atoms with Crippen LogP contribution < -0.4 is 19.9 Å². The molecule has 0 unspecified atom stereocenters. The predicted molar refractivity (Wildman–Crippen MR) is 93.0 cm³/mol. The van der Waals surface area contributed by atoms with Gasteiger partial charge in [-0.3, -0.25) is 4.79 Å². The summed E-state index contributed by atoms with van der Waals surface area (Å²) in [6.07, 6.45) is 0. The van der Waals surface area contributed by atoms with Gasteiger partial charge in [0.2, 0.25) is 10.0 Å². The van der Waals surface area contributed by atoms with Gasteiger partial charge in [0, 0.05) is 21.8 Å². The Morgan fingerprint density at radius 2 is 1.75 bits per heavy atom. The van der Waals surface area contributed by atoms with Gasteiger partial charge in [0.1, 0.15) is 0 Å². The lowest BCUT2D eigenvalue weighted by Gasteiger charge is -2.11. The van der Waals surface area contributed by atoms with Crippen molar-refractivity contribution in [1.29, 1.82) is 0 Å². The number of anilines is 1. The van der Waals surface area contributed by atoms with Crippen LogP contribution in [0.15, 0.2) is 45.8 Å². The number of sulfonamides is 1. The fraction of sp³-hybridized carbons (Fsp3) is 0.133. The van der Waals surface area contributed by atoms with Crippen molar-refractivity contribution < 1.29 is 22.7 Å². The molecule has 0 aliphatic rings. The van der Waals surface area contributed by atoms with Crippen LogP contribution >= 0.6 is 15.9 Å². The van der Waals surface area contributed by atoms with E-state index in [1.165, 1.54) is 32.4 Å². The van der Waals surface area contributed by atoms with Crippen molar-refractivity contribution in [2.75, 3.05) is 19.5 Å². The van der Waals surface area contributed by atoms with E-state index in [1.54, 1.807) is 18.2 Å². The zero-order chi connectivity index (χ0) is 17.9. The maximum atomic E-state index is 12.3. The number of hydrogen-bond donors (Lipinski definition) is 2. The van der Waals surface area contributed by atoms with Gasteiger partial charge in [-0.1, -0.05) is 0 Å². The average Bonchev–Trinajstić information content (AvgIpc) is 2.53. The van der Waals surface area contributed by atoms with Crippen LogP contribution in [0.25, 0.3) is 0 Å². The van der Waals surface area contributed by atoms with E-state index in [0.29, 0.717) is 17.2 Å². The molecule has 7 nitrogen and oxygen atoms in total. The molecule has 2 rings (SSSR count). The highest BCUT2D eigenvalue weighted by Gasteiger charge is 2.16. The van der Waals surface area contributed by atoms with Gasteiger partial charge in [-0.25, -0.2) is 13.6 Å². The summed E-state index contributed by atoms with van der Waals surface area (Å²) in [7, 11) is -0.956. The second-order valence-corrected chi connectivity index (χ2v) is 7.10. The molecular weight excluding hydrogens is 400 g/mol. The summed E-state index contributed by atoms with van der Waals surface area (Å²) in [5, 5.41) is 7.79. The van der Waals surface area contributed by atoms with Crippen LogP contribution in [0.4, 0.5) is 5.69 Å². The van der Waals surface area contributed by atoms with E-state index in [4.69, 9.17) is 14.6 Å². The highest BCUT2D eigenvalue weighted by atomic mass is 79.9. The molecule has 0 aromatic heterocycles. The van der Waals surface area contributed by atoms with Crippen LogP contribution in [-0.4, -0.2) is 28.5 Å². The SMILES string of the molecule is COc1ccc(NC(=O)c2ccc(Br)c(S(N)(=O)=O)c2)cc1OC. The van der Waals surface area contributed by atoms with Gasteiger partial charge in [0.25, 0.3) is 5.91 Å². The number of rotatable bonds is 5. The Bertz CT molecular complexity index is 883. The number of primary sulfonamides is 1. The molecule has 0 spiro atoms. The van der Waals surface area contributed by atoms with Crippen LogP contribution in [0.3, 0.4) is 0 Å². The Balaban J connectivity index is 2.31. The average molecular weight is 415 g/mol. The summed E-state index contributed by atoms with van der Waals surface area (Å²) in [5.74, 6) is 0.492. The highest BCUT2D eigenvalue weighted by molar-refractivity contribution is 9.10. The smallest absolute Gasteiger partial charge is 0.255 e. The monoisotopic (exact) mass is 414 g/mol. The standard InChI is InChI=1S/C15H15BrN2O5S/c1-22-12-6-4-10(8-13(12)23-2)18-15(19)9-3-5-11(16)14(7-9)24(17,20)21/h3-8H,1-2H3,(H,18,19)(H2,17,20,21). The zero-order valence-electron chi connectivity index (χ0n) is 12.9. The molecule has 0 saturated heterocycles. The summed E-state index contributed by atoms with van der Waals surface area (Å²) >= 11 is 3.10. The van der Waals surface area contributed by atoms with Crippen molar-refractivity contribution in [3.63, 3.8) is 0 Å². The first kappa shape index (κ1) is 18.2.